The van der Waals surface area contributed by atoms with Crippen LogP contribution in [0.4, 0.5) is 5.82 Å². The Morgan fingerprint density at radius 1 is 1.06 bits per heavy atom. The Morgan fingerprint density at radius 3 is 2.43 bits per heavy atom. The van der Waals surface area contributed by atoms with E-state index in [1.54, 1.807) is 48.7 Å². The maximum absolute atomic E-state index is 13.8. The first-order valence-corrected chi connectivity index (χ1v) is 11.1. The molecule has 0 fully saturated rings. The zero-order valence-electron chi connectivity index (χ0n) is 19.5. The van der Waals surface area contributed by atoms with Gasteiger partial charge in [0, 0.05) is 6.20 Å². The molecule has 1 unspecified atom stereocenters. The van der Waals surface area contributed by atoms with Gasteiger partial charge in [0.2, 0.25) is 5.76 Å². The van der Waals surface area contributed by atoms with Crippen molar-refractivity contribution in [1.29, 1.82) is 0 Å². The number of hydrogen-bond donors (Lipinski definition) is 1. The van der Waals surface area contributed by atoms with Crippen LogP contribution in [0.2, 0.25) is 0 Å². The van der Waals surface area contributed by atoms with Crippen molar-refractivity contribution >= 4 is 28.6 Å². The number of hydrogen-bond acceptors (Lipinski definition) is 6. The summed E-state index contributed by atoms with van der Waals surface area (Å²) in [6.07, 6.45) is 1.67. The standard InChI is InChI=1S/C27H23N3O5/c1-14-4-9-22(29-12-14)30-24(17-5-7-18(8-6-17)34-13-21(28)31)23-25(32)19-10-15(2)16(3)11-20(19)35-26(23)27(30)33/h4-12,24H,13H2,1-3H3,(H2,28,31). The van der Waals surface area contributed by atoms with E-state index in [4.69, 9.17) is 14.9 Å². The van der Waals surface area contributed by atoms with Gasteiger partial charge in [-0.25, -0.2) is 4.98 Å². The lowest BCUT2D eigenvalue weighted by Gasteiger charge is -2.24. The number of ether oxygens (including phenoxy) is 1. The summed E-state index contributed by atoms with van der Waals surface area (Å²) in [6.45, 7) is 5.51. The molecule has 4 aromatic rings. The minimum atomic E-state index is -0.750. The molecule has 5 rings (SSSR count). The number of nitrogens with two attached hydrogens (primary N) is 1. The highest BCUT2D eigenvalue weighted by molar-refractivity contribution is 6.10. The molecule has 35 heavy (non-hydrogen) atoms. The average Bonchev–Trinajstić information content (AvgIpc) is 3.12. The molecule has 8 heteroatoms. The van der Waals surface area contributed by atoms with E-state index < -0.39 is 17.9 Å². The third-order valence-corrected chi connectivity index (χ3v) is 6.21. The normalized spacial score (nSPS) is 14.9. The van der Waals surface area contributed by atoms with Crippen LogP contribution >= 0.6 is 0 Å². The van der Waals surface area contributed by atoms with Gasteiger partial charge in [-0.05, 0) is 73.4 Å². The fourth-order valence-corrected chi connectivity index (χ4v) is 4.28. The van der Waals surface area contributed by atoms with Crippen molar-refractivity contribution in [2.45, 2.75) is 26.8 Å². The van der Waals surface area contributed by atoms with Gasteiger partial charge in [0.15, 0.2) is 12.0 Å². The predicted octanol–water partition coefficient (Wildman–Crippen LogP) is 3.73. The van der Waals surface area contributed by atoms with E-state index in [9.17, 15) is 14.4 Å². The summed E-state index contributed by atoms with van der Waals surface area (Å²) in [5.74, 6) is -0.175. The maximum Gasteiger partial charge on any atom is 0.296 e. The molecule has 0 saturated heterocycles. The van der Waals surface area contributed by atoms with E-state index in [0.717, 1.165) is 16.7 Å². The van der Waals surface area contributed by atoms with Crippen molar-refractivity contribution in [2.75, 3.05) is 11.5 Å². The summed E-state index contributed by atoms with van der Waals surface area (Å²) < 4.78 is 11.4. The Labute approximate surface area is 200 Å². The number of carbonyl (C=O) groups excluding carboxylic acids is 2. The summed E-state index contributed by atoms with van der Waals surface area (Å²) >= 11 is 0. The van der Waals surface area contributed by atoms with Crippen LogP contribution in [0.15, 0.2) is 63.9 Å². The quantitative estimate of drug-likeness (QED) is 0.476. The molecule has 2 aromatic heterocycles. The number of amides is 2. The molecule has 3 heterocycles. The van der Waals surface area contributed by atoms with Gasteiger partial charge in [0.05, 0.1) is 17.0 Å². The Balaban J connectivity index is 1.70. The summed E-state index contributed by atoms with van der Waals surface area (Å²) in [5.41, 5.74) is 9.06. The number of nitrogens with zero attached hydrogens (tertiary/aromatic N) is 2. The second kappa shape index (κ2) is 8.39. The van der Waals surface area contributed by atoms with Gasteiger partial charge >= 0.3 is 0 Å². The lowest BCUT2D eigenvalue weighted by molar-refractivity contribution is -0.119. The van der Waals surface area contributed by atoms with Crippen molar-refractivity contribution in [3.8, 4) is 5.75 Å². The number of benzene rings is 2. The summed E-state index contributed by atoms with van der Waals surface area (Å²) in [5, 5.41) is 0.421. The predicted molar refractivity (Wildman–Crippen MR) is 131 cm³/mol. The van der Waals surface area contributed by atoms with Crippen LogP contribution in [0.25, 0.3) is 11.0 Å². The number of rotatable bonds is 5. The molecule has 1 aliphatic heterocycles. The molecule has 2 amide bonds. The third-order valence-electron chi connectivity index (χ3n) is 6.21. The van der Waals surface area contributed by atoms with E-state index in [0.29, 0.717) is 28.1 Å². The largest absolute Gasteiger partial charge is 0.484 e. The van der Waals surface area contributed by atoms with Crippen LogP contribution in [0.5, 0.6) is 5.75 Å². The Kier molecular flexibility index (Phi) is 5.36. The second-order valence-corrected chi connectivity index (χ2v) is 8.70. The zero-order valence-corrected chi connectivity index (χ0v) is 19.5. The second-order valence-electron chi connectivity index (χ2n) is 8.70. The van der Waals surface area contributed by atoms with E-state index in [1.165, 1.54) is 4.90 Å². The van der Waals surface area contributed by atoms with Gasteiger partial charge in [-0.15, -0.1) is 0 Å². The molecule has 0 aliphatic carbocycles. The average molecular weight is 469 g/mol. The van der Waals surface area contributed by atoms with E-state index in [2.05, 4.69) is 4.98 Å². The molecule has 176 valence electrons. The fourth-order valence-electron chi connectivity index (χ4n) is 4.28. The minimum Gasteiger partial charge on any atom is -0.484 e. The molecule has 0 spiro atoms. The first-order valence-electron chi connectivity index (χ1n) is 11.1. The maximum atomic E-state index is 13.8. The highest BCUT2D eigenvalue weighted by Gasteiger charge is 2.44. The molecule has 0 radical (unpaired) electrons. The monoisotopic (exact) mass is 469 g/mol. The van der Waals surface area contributed by atoms with Crippen LogP contribution in [0, 0.1) is 20.8 Å². The Morgan fingerprint density at radius 2 is 1.77 bits per heavy atom. The van der Waals surface area contributed by atoms with Gasteiger partial charge in [-0.1, -0.05) is 18.2 Å². The SMILES string of the molecule is Cc1ccc(N2C(=O)c3oc4cc(C)c(C)cc4c(=O)c3C2c2ccc(OCC(N)=O)cc2)nc1. The van der Waals surface area contributed by atoms with E-state index in [-0.39, 0.29) is 23.4 Å². The van der Waals surface area contributed by atoms with E-state index >= 15 is 0 Å². The van der Waals surface area contributed by atoms with Crippen molar-refractivity contribution in [1.82, 2.24) is 4.98 Å². The van der Waals surface area contributed by atoms with Crippen molar-refractivity contribution in [3.63, 3.8) is 0 Å². The van der Waals surface area contributed by atoms with Gasteiger partial charge in [-0.2, -0.15) is 0 Å². The van der Waals surface area contributed by atoms with Crippen molar-refractivity contribution in [2.24, 2.45) is 5.73 Å². The van der Waals surface area contributed by atoms with Gasteiger partial charge in [0.25, 0.3) is 11.8 Å². The number of carbonyl (C=O) groups is 2. The first kappa shape index (κ1) is 22.3. The number of pyridine rings is 1. The van der Waals surface area contributed by atoms with E-state index in [1.807, 2.05) is 26.8 Å². The summed E-state index contributed by atoms with van der Waals surface area (Å²) in [6, 6.07) is 13.3. The minimum absolute atomic E-state index is 0.00665. The first-order chi connectivity index (χ1) is 16.7. The van der Waals surface area contributed by atoms with Crippen LogP contribution in [0.3, 0.4) is 0 Å². The number of fused-ring (bicyclic) bond motifs is 2. The summed E-state index contributed by atoms with van der Waals surface area (Å²) in [7, 11) is 0. The third kappa shape index (κ3) is 3.82. The molecular formula is C27H23N3O5. The van der Waals surface area contributed by atoms with Crippen LogP contribution in [0.1, 0.15) is 44.4 Å². The molecular weight excluding hydrogens is 446 g/mol. The molecule has 1 aliphatic rings. The molecule has 8 nitrogen and oxygen atoms in total. The van der Waals surface area contributed by atoms with Gasteiger partial charge in [0.1, 0.15) is 17.2 Å². The lowest BCUT2D eigenvalue weighted by Crippen LogP contribution is -2.30. The molecule has 0 bridgehead atoms. The van der Waals surface area contributed by atoms with Crippen LogP contribution in [-0.2, 0) is 4.79 Å². The number of aromatic nitrogens is 1. The highest BCUT2D eigenvalue weighted by atomic mass is 16.5. The Bertz CT molecular complexity index is 1540. The highest BCUT2D eigenvalue weighted by Crippen LogP contribution is 2.41. The van der Waals surface area contributed by atoms with Gasteiger partial charge < -0.3 is 14.9 Å². The summed E-state index contributed by atoms with van der Waals surface area (Å²) in [4.78, 5) is 44.4. The fraction of sp³-hybridized carbons (Fsp3) is 0.185. The van der Waals surface area contributed by atoms with Crippen molar-refractivity contribution in [3.05, 3.63) is 98.5 Å². The lowest BCUT2D eigenvalue weighted by atomic mass is 9.97. The van der Waals surface area contributed by atoms with Crippen LogP contribution < -0.4 is 20.8 Å². The molecule has 2 aromatic carbocycles. The van der Waals surface area contributed by atoms with Crippen molar-refractivity contribution < 1.29 is 18.7 Å². The molecule has 1 atom stereocenters. The molecule has 2 N–H and O–H groups in total. The van der Waals surface area contributed by atoms with Gasteiger partial charge in [-0.3, -0.25) is 19.3 Å². The topological polar surface area (TPSA) is 116 Å². The Hall–Kier alpha value is -4.46. The smallest absolute Gasteiger partial charge is 0.296 e. The molecule has 0 saturated carbocycles. The number of primary amides is 1. The van der Waals surface area contributed by atoms with Crippen LogP contribution in [-0.4, -0.2) is 23.4 Å². The number of aryl methyl sites for hydroxylation is 3. The number of anilines is 1. The zero-order chi connectivity index (χ0) is 24.9.